The van der Waals surface area contributed by atoms with E-state index in [9.17, 15) is 4.79 Å². The molecule has 2 aliphatic rings. The molecule has 0 aliphatic carbocycles. The molecule has 0 aromatic carbocycles. The normalized spacial score (nSPS) is 34.0. The number of rotatable bonds is 3. The fraction of sp³-hybridized carbons (Fsp3) is 0.923. The SMILES string of the molecule is CC1CC(N)CN(C(=O)CCC2CCCO2)C1. The molecule has 2 rings (SSSR count). The molecule has 4 heteroatoms. The van der Waals surface area contributed by atoms with Crippen molar-refractivity contribution >= 4 is 5.91 Å². The number of hydrogen-bond acceptors (Lipinski definition) is 3. The molecule has 2 heterocycles. The summed E-state index contributed by atoms with van der Waals surface area (Å²) >= 11 is 0. The van der Waals surface area contributed by atoms with E-state index in [0.717, 1.165) is 45.4 Å². The summed E-state index contributed by atoms with van der Waals surface area (Å²) in [7, 11) is 0. The standard InChI is InChI=1S/C13H24N2O2/c1-10-7-11(14)9-15(8-10)13(16)5-4-12-3-2-6-17-12/h10-12H,2-9,14H2,1H3. The van der Waals surface area contributed by atoms with Crippen LogP contribution in [0.3, 0.4) is 0 Å². The summed E-state index contributed by atoms with van der Waals surface area (Å²) in [5.41, 5.74) is 5.95. The topological polar surface area (TPSA) is 55.6 Å². The molecule has 98 valence electrons. The van der Waals surface area contributed by atoms with Gasteiger partial charge in [-0.2, -0.15) is 0 Å². The van der Waals surface area contributed by atoms with Gasteiger partial charge in [-0.25, -0.2) is 0 Å². The number of carbonyl (C=O) groups excluding carboxylic acids is 1. The van der Waals surface area contributed by atoms with Crippen molar-refractivity contribution < 1.29 is 9.53 Å². The zero-order valence-electron chi connectivity index (χ0n) is 10.7. The lowest BCUT2D eigenvalue weighted by atomic mass is 9.96. The minimum Gasteiger partial charge on any atom is -0.378 e. The van der Waals surface area contributed by atoms with Gasteiger partial charge in [-0.3, -0.25) is 4.79 Å². The summed E-state index contributed by atoms with van der Waals surface area (Å²) in [6, 6.07) is 0.158. The van der Waals surface area contributed by atoms with Crippen molar-refractivity contribution in [2.24, 2.45) is 11.7 Å². The van der Waals surface area contributed by atoms with Gasteiger partial charge in [-0.1, -0.05) is 6.92 Å². The maximum atomic E-state index is 12.1. The average molecular weight is 240 g/mol. The Hall–Kier alpha value is -0.610. The van der Waals surface area contributed by atoms with Crippen LogP contribution >= 0.6 is 0 Å². The van der Waals surface area contributed by atoms with E-state index in [0.29, 0.717) is 18.4 Å². The minimum atomic E-state index is 0.158. The van der Waals surface area contributed by atoms with Gasteiger partial charge in [0.25, 0.3) is 0 Å². The predicted octanol–water partition coefficient (Wildman–Crippen LogP) is 1.14. The van der Waals surface area contributed by atoms with Crippen LogP contribution in [0.5, 0.6) is 0 Å². The summed E-state index contributed by atoms with van der Waals surface area (Å²) in [6.07, 6.45) is 5.10. The third-order valence-electron chi connectivity index (χ3n) is 3.75. The highest BCUT2D eigenvalue weighted by Crippen LogP contribution is 2.20. The number of hydrogen-bond donors (Lipinski definition) is 1. The van der Waals surface area contributed by atoms with Crippen LogP contribution in [0.25, 0.3) is 0 Å². The van der Waals surface area contributed by atoms with E-state index in [1.54, 1.807) is 0 Å². The van der Waals surface area contributed by atoms with Crippen LogP contribution < -0.4 is 5.73 Å². The van der Waals surface area contributed by atoms with Crippen molar-refractivity contribution in [3.05, 3.63) is 0 Å². The zero-order valence-corrected chi connectivity index (χ0v) is 10.7. The summed E-state index contributed by atoms with van der Waals surface area (Å²) in [5.74, 6) is 0.785. The van der Waals surface area contributed by atoms with Gasteiger partial charge in [0, 0.05) is 32.2 Å². The summed E-state index contributed by atoms with van der Waals surface area (Å²) < 4.78 is 5.54. The summed E-state index contributed by atoms with van der Waals surface area (Å²) in [4.78, 5) is 14.0. The highest BCUT2D eigenvalue weighted by molar-refractivity contribution is 5.76. The number of piperidine rings is 1. The van der Waals surface area contributed by atoms with E-state index in [4.69, 9.17) is 10.5 Å². The number of carbonyl (C=O) groups is 1. The number of nitrogens with zero attached hydrogens (tertiary/aromatic N) is 1. The zero-order chi connectivity index (χ0) is 12.3. The Kier molecular flexibility index (Phi) is 4.40. The Morgan fingerprint density at radius 2 is 2.29 bits per heavy atom. The highest BCUT2D eigenvalue weighted by atomic mass is 16.5. The number of ether oxygens (including phenoxy) is 1. The molecule has 0 aromatic rings. The van der Waals surface area contributed by atoms with Gasteiger partial charge in [-0.05, 0) is 31.6 Å². The maximum absolute atomic E-state index is 12.1. The highest BCUT2D eigenvalue weighted by Gasteiger charge is 2.26. The molecule has 0 bridgehead atoms. The lowest BCUT2D eigenvalue weighted by Crippen LogP contribution is -2.48. The Labute approximate surface area is 103 Å². The minimum absolute atomic E-state index is 0.158. The molecule has 3 atom stereocenters. The fourth-order valence-corrected chi connectivity index (χ4v) is 2.92. The van der Waals surface area contributed by atoms with Crippen molar-refractivity contribution in [1.29, 1.82) is 0 Å². The van der Waals surface area contributed by atoms with Crippen LogP contribution in [0.15, 0.2) is 0 Å². The fourth-order valence-electron chi connectivity index (χ4n) is 2.92. The Morgan fingerprint density at radius 3 is 2.94 bits per heavy atom. The monoisotopic (exact) mass is 240 g/mol. The predicted molar refractivity (Wildman–Crippen MR) is 66.5 cm³/mol. The third-order valence-corrected chi connectivity index (χ3v) is 3.75. The lowest BCUT2D eigenvalue weighted by molar-refractivity contribution is -0.133. The molecule has 2 saturated heterocycles. The van der Waals surface area contributed by atoms with E-state index in [1.807, 2.05) is 4.90 Å². The molecular formula is C13H24N2O2. The first-order chi connectivity index (χ1) is 8.15. The molecule has 2 N–H and O–H groups in total. The molecule has 2 aliphatic heterocycles. The number of amides is 1. The van der Waals surface area contributed by atoms with E-state index in [-0.39, 0.29) is 11.9 Å². The molecule has 4 nitrogen and oxygen atoms in total. The van der Waals surface area contributed by atoms with Crippen LogP contribution in [0.2, 0.25) is 0 Å². The van der Waals surface area contributed by atoms with Gasteiger partial charge in [0.15, 0.2) is 0 Å². The second-order valence-corrected chi connectivity index (χ2v) is 5.57. The van der Waals surface area contributed by atoms with Gasteiger partial charge in [-0.15, -0.1) is 0 Å². The van der Waals surface area contributed by atoms with Crippen LogP contribution in [0.4, 0.5) is 0 Å². The van der Waals surface area contributed by atoms with E-state index in [2.05, 4.69) is 6.92 Å². The van der Waals surface area contributed by atoms with Gasteiger partial charge >= 0.3 is 0 Å². The van der Waals surface area contributed by atoms with Gasteiger partial charge < -0.3 is 15.4 Å². The smallest absolute Gasteiger partial charge is 0.222 e. The van der Waals surface area contributed by atoms with Crippen LogP contribution in [0.1, 0.15) is 39.0 Å². The first kappa shape index (κ1) is 12.8. The first-order valence-corrected chi connectivity index (χ1v) is 6.80. The van der Waals surface area contributed by atoms with Crippen molar-refractivity contribution in [2.45, 2.75) is 51.2 Å². The molecule has 0 spiro atoms. The Morgan fingerprint density at radius 1 is 1.47 bits per heavy atom. The van der Waals surface area contributed by atoms with Crippen molar-refractivity contribution in [1.82, 2.24) is 4.90 Å². The molecule has 0 aromatic heterocycles. The molecular weight excluding hydrogens is 216 g/mol. The van der Waals surface area contributed by atoms with Crippen molar-refractivity contribution in [3.8, 4) is 0 Å². The van der Waals surface area contributed by atoms with Crippen LogP contribution in [0, 0.1) is 5.92 Å². The van der Waals surface area contributed by atoms with Crippen LogP contribution in [-0.4, -0.2) is 42.6 Å². The van der Waals surface area contributed by atoms with E-state index < -0.39 is 0 Å². The third kappa shape index (κ3) is 3.68. The Bertz CT molecular complexity index is 254. The van der Waals surface area contributed by atoms with Crippen molar-refractivity contribution in [3.63, 3.8) is 0 Å². The number of likely N-dealkylation sites (tertiary alicyclic amines) is 1. The van der Waals surface area contributed by atoms with Gasteiger partial charge in [0.1, 0.15) is 0 Å². The average Bonchev–Trinajstić information content (AvgIpc) is 2.77. The molecule has 0 radical (unpaired) electrons. The second kappa shape index (κ2) is 5.83. The molecule has 0 saturated carbocycles. The Balaban J connectivity index is 1.74. The van der Waals surface area contributed by atoms with E-state index in [1.165, 1.54) is 0 Å². The lowest BCUT2D eigenvalue weighted by Gasteiger charge is -2.35. The van der Waals surface area contributed by atoms with Crippen molar-refractivity contribution in [2.75, 3.05) is 19.7 Å². The molecule has 3 unspecified atom stereocenters. The van der Waals surface area contributed by atoms with Gasteiger partial charge in [0.2, 0.25) is 5.91 Å². The molecule has 2 fully saturated rings. The summed E-state index contributed by atoms with van der Waals surface area (Å²) in [6.45, 7) is 4.64. The van der Waals surface area contributed by atoms with Crippen LogP contribution in [-0.2, 0) is 9.53 Å². The molecule has 17 heavy (non-hydrogen) atoms. The number of nitrogens with two attached hydrogens (primary N) is 1. The summed E-state index contributed by atoms with van der Waals surface area (Å²) in [5, 5.41) is 0. The quantitative estimate of drug-likeness (QED) is 0.805. The largest absolute Gasteiger partial charge is 0.378 e. The second-order valence-electron chi connectivity index (χ2n) is 5.57. The first-order valence-electron chi connectivity index (χ1n) is 6.80. The van der Waals surface area contributed by atoms with Gasteiger partial charge in [0.05, 0.1) is 6.10 Å². The molecule has 1 amide bonds. The maximum Gasteiger partial charge on any atom is 0.222 e. The van der Waals surface area contributed by atoms with E-state index >= 15 is 0 Å².